The third-order valence-corrected chi connectivity index (χ3v) is 2.11. The van der Waals surface area contributed by atoms with E-state index in [0.717, 1.165) is 0 Å². The molecule has 14 heavy (non-hydrogen) atoms. The third-order valence-electron chi connectivity index (χ3n) is 1.89. The molecule has 0 atom stereocenters. The zero-order valence-corrected chi connectivity index (χ0v) is 8.64. The fourth-order valence-corrected chi connectivity index (χ4v) is 1.52. The molecule has 0 aliphatic carbocycles. The smallest absolute Gasteiger partial charge is 0.166 e. The van der Waals surface area contributed by atoms with E-state index < -0.39 is 5.82 Å². The van der Waals surface area contributed by atoms with Gasteiger partial charge >= 0.3 is 0 Å². The van der Waals surface area contributed by atoms with Crippen LogP contribution in [0.1, 0.15) is 12.0 Å². The number of aliphatic hydroxyl groups is 1. The average molecular weight is 219 g/mol. The van der Waals surface area contributed by atoms with Gasteiger partial charge in [-0.3, -0.25) is 0 Å². The van der Waals surface area contributed by atoms with Crippen LogP contribution < -0.4 is 4.74 Å². The van der Waals surface area contributed by atoms with Crippen molar-refractivity contribution in [3.8, 4) is 5.75 Å². The zero-order chi connectivity index (χ0) is 10.6. The van der Waals surface area contributed by atoms with Crippen LogP contribution in [0.5, 0.6) is 5.75 Å². The van der Waals surface area contributed by atoms with Crippen molar-refractivity contribution >= 4 is 11.6 Å². The van der Waals surface area contributed by atoms with E-state index in [1.807, 2.05) is 0 Å². The lowest BCUT2D eigenvalue weighted by atomic mass is 10.1. The molecule has 0 unspecified atom stereocenters. The highest BCUT2D eigenvalue weighted by atomic mass is 35.5. The Morgan fingerprint density at radius 3 is 2.79 bits per heavy atom. The Labute approximate surface area is 87.3 Å². The van der Waals surface area contributed by atoms with Crippen molar-refractivity contribution in [2.75, 3.05) is 13.7 Å². The Morgan fingerprint density at radius 2 is 2.21 bits per heavy atom. The first kappa shape index (κ1) is 11.3. The van der Waals surface area contributed by atoms with E-state index in [0.29, 0.717) is 23.4 Å². The van der Waals surface area contributed by atoms with E-state index in [4.69, 9.17) is 21.4 Å². The van der Waals surface area contributed by atoms with Gasteiger partial charge in [0.05, 0.1) is 7.11 Å². The molecule has 0 aliphatic rings. The number of aliphatic hydroxyl groups excluding tert-OH is 1. The highest BCUT2D eigenvalue weighted by molar-refractivity contribution is 6.30. The second-order valence-corrected chi connectivity index (χ2v) is 3.34. The molecule has 0 bridgehead atoms. The normalized spacial score (nSPS) is 10.3. The maximum absolute atomic E-state index is 13.3. The van der Waals surface area contributed by atoms with Gasteiger partial charge in [-0.2, -0.15) is 0 Å². The molecule has 1 aromatic carbocycles. The molecule has 0 saturated carbocycles. The summed E-state index contributed by atoms with van der Waals surface area (Å²) in [5.74, 6) is -0.254. The van der Waals surface area contributed by atoms with E-state index in [1.54, 1.807) is 6.07 Å². The summed E-state index contributed by atoms with van der Waals surface area (Å²) in [7, 11) is 1.41. The Balaban J connectivity index is 2.99. The molecule has 1 rings (SSSR count). The number of benzene rings is 1. The van der Waals surface area contributed by atoms with Gasteiger partial charge in [0.15, 0.2) is 11.6 Å². The molecule has 2 nitrogen and oxygen atoms in total. The number of aryl methyl sites for hydroxylation is 1. The minimum atomic E-state index is -0.465. The third kappa shape index (κ3) is 2.59. The van der Waals surface area contributed by atoms with E-state index in [1.165, 1.54) is 13.2 Å². The molecular weight excluding hydrogens is 207 g/mol. The van der Waals surface area contributed by atoms with E-state index in [-0.39, 0.29) is 12.4 Å². The molecule has 0 amide bonds. The van der Waals surface area contributed by atoms with Gasteiger partial charge in [-0.15, -0.1) is 0 Å². The van der Waals surface area contributed by atoms with Gasteiger partial charge < -0.3 is 9.84 Å². The lowest BCUT2D eigenvalue weighted by Crippen LogP contribution is -1.97. The number of hydrogen-bond acceptors (Lipinski definition) is 2. The van der Waals surface area contributed by atoms with Crippen molar-refractivity contribution in [3.05, 3.63) is 28.5 Å². The molecule has 0 heterocycles. The summed E-state index contributed by atoms with van der Waals surface area (Å²) in [5.41, 5.74) is 0.687. The maximum Gasteiger partial charge on any atom is 0.166 e. The summed E-state index contributed by atoms with van der Waals surface area (Å²) >= 11 is 5.70. The highest BCUT2D eigenvalue weighted by Gasteiger charge is 2.10. The zero-order valence-electron chi connectivity index (χ0n) is 7.89. The molecule has 1 aromatic rings. The van der Waals surface area contributed by atoms with Crippen molar-refractivity contribution in [2.24, 2.45) is 0 Å². The molecule has 0 aliphatic heterocycles. The fourth-order valence-electron chi connectivity index (χ4n) is 1.30. The number of ether oxygens (including phenoxy) is 1. The van der Waals surface area contributed by atoms with Gasteiger partial charge in [-0.25, -0.2) is 4.39 Å². The summed E-state index contributed by atoms with van der Waals surface area (Å²) < 4.78 is 18.2. The molecule has 1 N–H and O–H groups in total. The van der Waals surface area contributed by atoms with Crippen molar-refractivity contribution in [1.82, 2.24) is 0 Å². The second-order valence-electron chi connectivity index (χ2n) is 2.91. The molecule has 0 saturated heterocycles. The SMILES string of the molecule is COc1c(F)cc(Cl)cc1CCCO. The van der Waals surface area contributed by atoms with E-state index in [9.17, 15) is 4.39 Å². The predicted octanol–water partition coefficient (Wildman–Crippen LogP) is 2.41. The van der Waals surface area contributed by atoms with Gasteiger partial charge in [0.25, 0.3) is 0 Å². The van der Waals surface area contributed by atoms with Crippen LogP contribution in [-0.4, -0.2) is 18.8 Å². The molecule has 0 fully saturated rings. The van der Waals surface area contributed by atoms with Gasteiger partial charge in [-0.1, -0.05) is 11.6 Å². The monoisotopic (exact) mass is 218 g/mol. The van der Waals surface area contributed by atoms with Crippen LogP contribution in [0.4, 0.5) is 4.39 Å². The van der Waals surface area contributed by atoms with E-state index >= 15 is 0 Å². The van der Waals surface area contributed by atoms with Gasteiger partial charge in [0, 0.05) is 11.6 Å². The van der Waals surface area contributed by atoms with Crippen molar-refractivity contribution in [3.63, 3.8) is 0 Å². The van der Waals surface area contributed by atoms with Gasteiger partial charge in [-0.05, 0) is 30.5 Å². The molecule has 0 aromatic heterocycles. The Bertz CT molecular complexity index is 315. The first-order valence-electron chi connectivity index (χ1n) is 4.31. The van der Waals surface area contributed by atoms with Crippen LogP contribution in [0.3, 0.4) is 0 Å². The van der Waals surface area contributed by atoms with Crippen molar-refractivity contribution in [1.29, 1.82) is 0 Å². The molecule has 0 spiro atoms. The minimum Gasteiger partial charge on any atom is -0.493 e. The Hall–Kier alpha value is -0.800. The summed E-state index contributed by atoms with van der Waals surface area (Å²) in [6.07, 6.45) is 1.12. The van der Waals surface area contributed by atoms with Crippen LogP contribution in [0.25, 0.3) is 0 Å². The van der Waals surface area contributed by atoms with Crippen LogP contribution in [0, 0.1) is 5.82 Å². The fraction of sp³-hybridized carbons (Fsp3) is 0.400. The molecule has 0 radical (unpaired) electrons. The largest absolute Gasteiger partial charge is 0.493 e. The van der Waals surface area contributed by atoms with Crippen molar-refractivity contribution < 1.29 is 14.2 Å². The number of halogens is 2. The first-order chi connectivity index (χ1) is 6.69. The standard InChI is InChI=1S/C10H12ClFO2/c1-14-10-7(3-2-4-13)5-8(11)6-9(10)12/h5-6,13H,2-4H2,1H3. The molecular formula is C10H12ClFO2. The number of rotatable bonds is 4. The predicted molar refractivity (Wildman–Crippen MR) is 53.4 cm³/mol. The second kappa shape index (κ2) is 5.17. The maximum atomic E-state index is 13.3. The summed E-state index contributed by atoms with van der Waals surface area (Å²) in [6.45, 7) is 0.0668. The van der Waals surface area contributed by atoms with Crippen LogP contribution in [0.2, 0.25) is 5.02 Å². The minimum absolute atomic E-state index is 0.0668. The van der Waals surface area contributed by atoms with Gasteiger partial charge in [0.2, 0.25) is 0 Å². The lowest BCUT2D eigenvalue weighted by Gasteiger charge is -2.09. The topological polar surface area (TPSA) is 29.5 Å². The quantitative estimate of drug-likeness (QED) is 0.841. The van der Waals surface area contributed by atoms with Crippen LogP contribution >= 0.6 is 11.6 Å². The first-order valence-corrected chi connectivity index (χ1v) is 4.69. The summed E-state index contributed by atoms with van der Waals surface area (Å²) in [4.78, 5) is 0. The summed E-state index contributed by atoms with van der Waals surface area (Å²) in [5, 5.41) is 9.01. The lowest BCUT2D eigenvalue weighted by molar-refractivity contribution is 0.287. The molecule has 78 valence electrons. The number of hydrogen-bond donors (Lipinski definition) is 1. The van der Waals surface area contributed by atoms with Crippen molar-refractivity contribution in [2.45, 2.75) is 12.8 Å². The molecule has 4 heteroatoms. The summed E-state index contributed by atoms with van der Waals surface area (Å²) in [6, 6.07) is 2.86. The highest BCUT2D eigenvalue weighted by Crippen LogP contribution is 2.27. The van der Waals surface area contributed by atoms with Crippen LogP contribution in [0.15, 0.2) is 12.1 Å². The van der Waals surface area contributed by atoms with E-state index in [2.05, 4.69) is 0 Å². The number of methoxy groups -OCH3 is 1. The van der Waals surface area contributed by atoms with Crippen LogP contribution in [-0.2, 0) is 6.42 Å². The Morgan fingerprint density at radius 1 is 1.50 bits per heavy atom. The Kier molecular flexibility index (Phi) is 4.17. The average Bonchev–Trinajstić information content (AvgIpc) is 2.14. The van der Waals surface area contributed by atoms with Gasteiger partial charge in [0.1, 0.15) is 0 Å².